The van der Waals surface area contributed by atoms with Crippen LogP contribution >= 0.6 is 0 Å². The van der Waals surface area contributed by atoms with Gasteiger partial charge in [-0.05, 0) is 38.0 Å². The monoisotopic (exact) mass is 296 g/mol. The normalized spacial score (nSPS) is 24.4. The van der Waals surface area contributed by atoms with Crippen molar-refractivity contribution in [3.63, 3.8) is 0 Å². The highest BCUT2D eigenvalue weighted by Crippen LogP contribution is 2.35. The number of carboxylic acids is 1. The summed E-state index contributed by atoms with van der Waals surface area (Å²) in [6.07, 6.45) is 7.26. The Bertz CT molecular complexity index is 394. The average Bonchev–Trinajstić information content (AvgIpc) is 2.46. The molecule has 0 spiro atoms. The van der Waals surface area contributed by atoms with Gasteiger partial charge in [0.15, 0.2) is 0 Å². The third-order valence-electron chi connectivity index (χ3n) is 5.40. The summed E-state index contributed by atoms with van der Waals surface area (Å²) in [7, 11) is 0. The molecule has 0 aromatic carbocycles. The van der Waals surface area contributed by atoms with E-state index >= 15 is 0 Å². The minimum absolute atomic E-state index is 0.0331. The summed E-state index contributed by atoms with van der Waals surface area (Å²) in [5.41, 5.74) is -0.439. The lowest BCUT2D eigenvalue weighted by atomic mass is 9.76. The van der Waals surface area contributed by atoms with E-state index in [1.807, 2.05) is 0 Å². The Kier molecular flexibility index (Phi) is 4.79. The highest BCUT2D eigenvalue weighted by atomic mass is 16.4. The number of hydrogen-bond acceptors (Lipinski definition) is 2. The van der Waals surface area contributed by atoms with Crippen LogP contribution in [-0.4, -0.2) is 41.6 Å². The highest BCUT2D eigenvalue weighted by molar-refractivity contribution is 5.77. The number of nitrogens with zero attached hydrogens (tertiary/aromatic N) is 1. The van der Waals surface area contributed by atoms with Gasteiger partial charge in [0.2, 0.25) is 0 Å². The fourth-order valence-electron chi connectivity index (χ4n) is 3.40. The fraction of sp³-hybridized carbons (Fsp3) is 0.875. The second kappa shape index (κ2) is 6.24. The molecule has 5 nitrogen and oxygen atoms in total. The van der Waals surface area contributed by atoms with Crippen molar-refractivity contribution >= 4 is 12.0 Å². The van der Waals surface area contributed by atoms with Crippen molar-refractivity contribution in [2.45, 2.75) is 58.8 Å². The number of carbonyl (C=O) groups excluding carboxylic acids is 1. The van der Waals surface area contributed by atoms with Crippen LogP contribution in [0.3, 0.4) is 0 Å². The van der Waals surface area contributed by atoms with Crippen LogP contribution in [0.1, 0.15) is 58.8 Å². The molecule has 0 aromatic heterocycles. The zero-order chi connectivity index (χ0) is 15.5. The van der Waals surface area contributed by atoms with Crippen molar-refractivity contribution in [1.82, 2.24) is 10.2 Å². The minimum atomic E-state index is -0.753. The van der Waals surface area contributed by atoms with E-state index in [0.29, 0.717) is 25.9 Å². The lowest BCUT2D eigenvalue weighted by Gasteiger charge is -2.38. The van der Waals surface area contributed by atoms with E-state index in [-0.39, 0.29) is 11.4 Å². The van der Waals surface area contributed by atoms with Crippen molar-refractivity contribution in [1.29, 1.82) is 0 Å². The summed E-state index contributed by atoms with van der Waals surface area (Å²) < 4.78 is 0. The van der Waals surface area contributed by atoms with Gasteiger partial charge in [-0.3, -0.25) is 4.79 Å². The van der Waals surface area contributed by atoms with Gasteiger partial charge in [-0.15, -0.1) is 0 Å². The van der Waals surface area contributed by atoms with Crippen molar-refractivity contribution in [3.8, 4) is 0 Å². The summed E-state index contributed by atoms with van der Waals surface area (Å²) in [6.45, 7) is 5.83. The van der Waals surface area contributed by atoms with Gasteiger partial charge in [0.25, 0.3) is 0 Å². The maximum absolute atomic E-state index is 12.2. The number of amides is 2. The molecule has 5 heteroatoms. The molecule has 0 aromatic rings. The molecule has 0 radical (unpaired) electrons. The average molecular weight is 296 g/mol. The van der Waals surface area contributed by atoms with E-state index in [4.69, 9.17) is 0 Å². The number of hydrogen-bond donors (Lipinski definition) is 2. The standard InChI is InChI=1S/C16H28N2O3/c1-15(6-4-3-5-7-15)12-17-14(21)18-10-8-16(2,9-11-18)13(19)20/h3-12H2,1-2H3,(H,17,21)(H,19,20). The summed E-state index contributed by atoms with van der Waals surface area (Å²) in [5, 5.41) is 12.3. The third kappa shape index (κ3) is 3.89. The molecular weight excluding hydrogens is 268 g/mol. The molecule has 1 saturated carbocycles. The number of urea groups is 1. The van der Waals surface area contributed by atoms with Crippen molar-refractivity contribution in [2.24, 2.45) is 10.8 Å². The lowest BCUT2D eigenvalue weighted by molar-refractivity contribution is -0.150. The number of aliphatic carboxylic acids is 1. The number of piperidine rings is 1. The van der Waals surface area contributed by atoms with Crippen LogP contribution in [0.2, 0.25) is 0 Å². The van der Waals surface area contributed by atoms with E-state index in [0.717, 1.165) is 6.54 Å². The first-order valence-corrected chi connectivity index (χ1v) is 8.11. The predicted octanol–water partition coefficient (Wildman–Crippen LogP) is 2.85. The van der Waals surface area contributed by atoms with Crippen LogP contribution < -0.4 is 5.32 Å². The van der Waals surface area contributed by atoms with Gasteiger partial charge >= 0.3 is 12.0 Å². The van der Waals surface area contributed by atoms with Crippen LogP contribution in [0.4, 0.5) is 4.79 Å². The molecule has 0 atom stereocenters. The van der Waals surface area contributed by atoms with Gasteiger partial charge in [-0.2, -0.15) is 0 Å². The topological polar surface area (TPSA) is 69.6 Å². The largest absolute Gasteiger partial charge is 0.481 e. The Morgan fingerprint density at radius 1 is 1.05 bits per heavy atom. The van der Waals surface area contributed by atoms with Gasteiger partial charge < -0.3 is 15.3 Å². The lowest BCUT2D eigenvalue weighted by Crippen LogP contribution is -2.50. The quantitative estimate of drug-likeness (QED) is 0.841. The van der Waals surface area contributed by atoms with Gasteiger partial charge in [0.05, 0.1) is 5.41 Å². The Balaban J connectivity index is 1.78. The van der Waals surface area contributed by atoms with Gasteiger partial charge in [0.1, 0.15) is 0 Å². The van der Waals surface area contributed by atoms with Gasteiger partial charge in [-0.25, -0.2) is 4.79 Å². The number of carboxylic acid groups (broad SMARTS) is 1. The van der Waals surface area contributed by atoms with E-state index in [1.165, 1.54) is 32.1 Å². The molecule has 2 aliphatic rings. The van der Waals surface area contributed by atoms with E-state index < -0.39 is 11.4 Å². The molecule has 1 saturated heterocycles. The smallest absolute Gasteiger partial charge is 0.317 e. The van der Waals surface area contributed by atoms with Crippen LogP contribution in [0.25, 0.3) is 0 Å². The summed E-state index contributed by atoms with van der Waals surface area (Å²) in [5.74, 6) is -0.753. The molecule has 0 unspecified atom stereocenters. The number of carbonyl (C=O) groups is 2. The molecule has 2 fully saturated rings. The molecule has 1 heterocycles. The zero-order valence-electron chi connectivity index (χ0n) is 13.3. The third-order valence-corrected chi connectivity index (χ3v) is 5.40. The Morgan fingerprint density at radius 3 is 2.14 bits per heavy atom. The van der Waals surface area contributed by atoms with Crippen molar-refractivity contribution in [3.05, 3.63) is 0 Å². The van der Waals surface area contributed by atoms with Crippen LogP contribution in [0.15, 0.2) is 0 Å². The Hall–Kier alpha value is -1.26. The molecule has 0 bridgehead atoms. The molecule has 2 rings (SSSR count). The van der Waals surface area contributed by atoms with Crippen LogP contribution in [0, 0.1) is 10.8 Å². The molecular formula is C16H28N2O3. The minimum Gasteiger partial charge on any atom is -0.481 e. The first kappa shape index (κ1) is 16.1. The molecule has 2 amide bonds. The number of nitrogens with one attached hydrogen (secondary N) is 1. The van der Waals surface area contributed by atoms with Crippen LogP contribution in [0.5, 0.6) is 0 Å². The molecule has 21 heavy (non-hydrogen) atoms. The summed E-state index contributed by atoms with van der Waals surface area (Å²) in [4.78, 5) is 25.2. The van der Waals surface area contributed by atoms with E-state index in [1.54, 1.807) is 11.8 Å². The van der Waals surface area contributed by atoms with Crippen LogP contribution in [-0.2, 0) is 4.79 Å². The second-order valence-electron chi connectivity index (χ2n) is 7.38. The summed E-state index contributed by atoms with van der Waals surface area (Å²) in [6, 6.07) is -0.0331. The fourth-order valence-corrected chi connectivity index (χ4v) is 3.40. The van der Waals surface area contributed by atoms with Crippen molar-refractivity contribution in [2.75, 3.05) is 19.6 Å². The van der Waals surface area contributed by atoms with E-state index in [9.17, 15) is 14.7 Å². The zero-order valence-corrected chi connectivity index (χ0v) is 13.3. The van der Waals surface area contributed by atoms with Crippen molar-refractivity contribution < 1.29 is 14.7 Å². The maximum Gasteiger partial charge on any atom is 0.317 e. The van der Waals surface area contributed by atoms with Gasteiger partial charge in [-0.1, -0.05) is 26.2 Å². The molecule has 2 N–H and O–H groups in total. The Labute approximate surface area is 127 Å². The number of likely N-dealkylation sites (tertiary alicyclic amines) is 1. The number of rotatable bonds is 3. The molecule has 120 valence electrons. The second-order valence-corrected chi connectivity index (χ2v) is 7.38. The van der Waals surface area contributed by atoms with Gasteiger partial charge in [0, 0.05) is 19.6 Å². The summed E-state index contributed by atoms with van der Waals surface area (Å²) >= 11 is 0. The molecule has 1 aliphatic heterocycles. The highest BCUT2D eigenvalue weighted by Gasteiger charge is 2.38. The SMILES string of the molecule is CC1(CNC(=O)N2CCC(C)(C(=O)O)CC2)CCCCC1. The maximum atomic E-state index is 12.2. The predicted molar refractivity (Wildman–Crippen MR) is 81.1 cm³/mol. The molecule has 1 aliphatic carbocycles. The Morgan fingerprint density at radius 2 is 1.62 bits per heavy atom. The van der Waals surface area contributed by atoms with E-state index in [2.05, 4.69) is 12.2 Å². The first-order valence-electron chi connectivity index (χ1n) is 8.11. The first-order chi connectivity index (χ1) is 9.85.